The van der Waals surface area contributed by atoms with Gasteiger partial charge in [-0.15, -0.1) is 0 Å². The molecule has 118 valence electrons. The van der Waals surface area contributed by atoms with Crippen LogP contribution in [0.15, 0.2) is 34.1 Å². The molecule has 0 radical (unpaired) electrons. The molecular weight excluding hydrogens is 314 g/mol. The van der Waals surface area contributed by atoms with Crippen molar-refractivity contribution < 1.29 is 16.8 Å². The summed E-state index contributed by atoms with van der Waals surface area (Å²) < 4.78 is 49.2. The summed E-state index contributed by atoms with van der Waals surface area (Å²) in [6.45, 7) is 0.804. The molecule has 1 aliphatic heterocycles. The molecule has 0 aliphatic carbocycles. The van der Waals surface area contributed by atoms with Gasteiger partial charge in [0, 0.05) is 19.1 Å². The summed E-state index contributed by atoms with van der Waals surface area (Å²) in [7, 11) is -5.85. The number of benzene rings is 1. The lowest BCUT2D eigenvalue weighted by atomic mass is 10.1. The lowest BCUT2D eigenvalue weighted by Crippen LogP contribution is -2.46. The Kier molecular flexibility index (Phi) is 4.69. The lowest BCUT2D eigenvalue weighted by Gasteiger charge is -2.31. The number of hydrogen-bond acceptors (Lipinski definition) is 5. The summed E-state index contributed by atoms with van der Waals surface area (Å²) in [6, 6.07) is 5.25. The van der Waals surface area contributed by atoms with Gasteiger partial charge in [-0.05, 0) is 38.1 Å². The maximum absolute atomic E-state index is 12.6. The number of sulfonamides is 2. The topological polar surface area (TPSA) is 110 Å². The quantitative estimate of drug-likeness (QED) is 0.786. The maximum atomic E-state index is 12.6. The van der Waals surface area contributed by atoms with Gasteiger partial charge < -0.3 is 5.32 Å². The van der Waals surface area contributed by atoms with E-state index in [1.165, 1.54) is 22.5 Å². The number of nitrogens with one attached hydrogen (secondary N) is 1. The Morgan fingerprint density at radius 3 is 2.52 bits per heavy atom. The molecule has 9 heteroatoms. The minimum atomic E-state index is -3.93. The van der Waals surface area contributed by atoms with Crippen LogP contribution in [-0.4, -0.2) is 47.3 Å². The van der Waals surface area contributed by atoms with Crippen molar-refractivity contribution in [3.63, 3.8) is 0 Å². The van der Waals surface area contributed by atoms with Crippen molar-refractivity contribution in [2.24, 2.45) is 5.14 Å². The Morgan fingerprint density at radius 1 is 1.24 bits per heavy atom. The molecular formula is C12H19N3O4S2. The molecule has 7 nitrogen and oxygen atoms in total. The largest absolute Gasteiger partial charge is 0.316 e. The smallest absolute Gasteiger partial charge is 0.243 e. The second-order valence-corrected chi connectivity index (χ2v) is 8.51. The van der Waals surface area contributed by atoms with Crippen LogP contribution in [0.1, 0.15) is 12.8 Å². The van der Waals surface area contributed by atoms with Gasteiger partial charge in [-0.1, -0.05) is 6.07 Å². The van der Waals surface area contributed by atoms with Crippen LogP contribution in [0.3, 0.4) is 0 Å². The van der Waals surface area contributed by atoms with Gasteiger partial charge in [-0.25, -0.2) is 22.0 Å². The first kappa shape index (κ1) is 16.4. The van der Waals surface area contributed by atoms with E-state index < -0.39 is 20.0 Å². The van der Waals surface area contributed by atoms with E-state index in [1.54, 1.807) is 7.05 Å². The van der Waals surface area contributed by atoms with E-state index in [2.05, 4.69) is 5.32 Å². The molecule has 2 rings (SSSR count). The Morgan fingerprint density at radius 2 is 1.90 bits per heavy atom. The van der Waals surface area contributed by atoms with Gasteiger partial charge in [0.25, 0.3) is 0 Å². The predicted molar refractivity (Wildman–Crippen MR) is 78.7 cm³/mol. The van der Waals surface area contributed by atoms with Crippen molar-refractivity contribution in [2.45, 2.75) is 28.7 Å². The van der Waals surface area contributed by atoms with Crippen molar-refractivity contribution >= 4 is 20.0 Å². The molecule has 1 saturated heterocycles. The number of primary sulfonamides is 1. The maximum Gasteiger partial charge on any atom is 0.243 e. The number of likely N-dealkylation sites (N-methyl/N-ethyl adjacent to an activating group) is 1. The fraction of sp³-hybridized carbons (Fsp3) is 0.500. The van der Waals surface area contributed by atoms with E-state index in [4.69, 9.17) is 5.14 Å². The van der Waals surface area contributed by atoms with E-state index in [1.807, 2.05) is 0 Å². The van der Waals surface area contributed by atoms with E-state index in [0.717, 1.165) is 18.9 Å². The molecule has 1 heterocycles. The van der Waals surface area contributed by atoms with E-state index in [-0.39, 0.29) is 15.8 Å². The van der Waals surface area contributed by atoms with Crippen molar-refractivity contribution in [2.75, 3.05) is 20.1 Å². The molecule has 0 spiro atoms. The average molecular weight is 333 g/mol. The van der Waals surface area contributed by atoms with Crippen LogP contribution in [0, 0.1) is 0 Å². The van der Waals surface area contributed by atoms with Crippen LogP contribution in [-0.2, 0) is 20.0 Å². The summed E-state index contributed by atoms with van der Waals surface area (Å²) >= 11 is 0. The Bertz CT molecular complexity index is 716. The summed E-state index contributed by atoms with van der Waals surface area (Å²) in [5.74, 6) is 0. The number of hydrogen-bond donors (Lipinski definition) is 2. The minimum Gasteiger partial charge on any atom is -0.316 e. The first-order valence-electron chi connectivity index (χ1n) is 6.55. The molecule has 1 fully saturated rings. The van der Waals surface area contributed by atoms with Crippen LogP contribution in [0.5, 0.6) is 0 Å². The molecule has 1 unspecified atom stereocenters. The van der Waals surface area contributed by atoms with Gasteiger partial charge in [0.1, 0.15) is 0 Å². The number of nitrogens with two attached hydrogens (primary N) is 1. The average Bonchev–Trinajstić information content (AvgIpc) is 2.46. The van der Waals surface area contributed by atoms with Crippen LogP contribution < -0.4 is 10.5 Å². The lowest BCUT2D eigenvalue weighted by molar-refractivity contribution is 0.293. The molecule has 1 aromatic carbocycles. The van der Waals surface area contributed by atoms with Gasteiger partial charge >= 0.3 is 0 Å². The highest BCUT2D eigenvalue weighted by molar-refractivity contribution is 7.90. The van der Waals surface area contributed by atoms with E-state index in [0.29, 0.717) is 13.1 Å². The molecule has 0 amide bonds. The summed E-state index contributed by atoms with van der Waals surface area (Å²) in [5, 5.41) is 8.12. The van der Waals surface area contributed by atoms with E-state index >= 15 is 0 Å². The third-order valence-corrected chi connectivity index (χ3v) is 6.34. The standard InChI is InChI=1S/C12H19N3O4S2/c1-14-10-4-3-7-15(9-10)21(18,19)12-6-2-5-11(8-12)20(13,16)17/h2,5-6,8,10,14H,3-4,7,9H2,1H3,(H2,13,16,17). The Balaban J connectivity index is 2.36. The van der Waals surface area contributed by atoms with Crippen LogP contribution in [0.2, 0.25) is 0 Å². The van der Waals surface area contributed by atoms with Crippen LogP contribution in [0.4, 0.5) is 0 Å². The molecule has 1 atom stereocenters. The van der Waals surface area contributed by atoms with Crippen molar-refractivity contribution in [1.29, 1.82) is 0 Å². The van der Waals surface area contributed by atoms with Gasteiger partial charge in [0.15, 0.2) is 0 Å². The number of piperidine rings is 1. The highest BCUT2D eigenvalue weighted by Gasteiger charge is 2.30. The monoisotopic (exact) mass is 333 g/mol. The molecule has 21 heavy (non-hydrogen) atoms. The predicted octanol–water partition coefficient (Wildman–Crippen LogP) is -0.293. The zero-order chi connectivity index (χ0) is 15.7. The zero-order valence-electron chi connectivity index (χ0n) is 11.7. The third kappa shape index (κ3) is 3.61. The minimum absolute atomic E-state index is 0.0502. The van der Waals surface area contributed by atoms with Gasteiger partial charge in [-0.2, -0.15) is 4.31 Å². The Labute approximate surface area is 125 Å². The Hall–Kier alpha value is -1.00. The van der Waals surface area contributed by atoms with Crippen LogP contribution >= 0.6 is 0 Å². The molecule has 0 aromatic heterocycles. The highest BCUT2D eigenvalue weighted by atomic mass is 32.2. The first-order valence-corrected chi connectivity index (χ1v) is 9.54. The summed E-state index contributed by atoms with van der Waals surface area (Å²) in [5.41, 5.74) is 0. The fourth-order valence-corrected chi connectivity index (χ4v) is 4.56. The highest BCUT2D eigenvalue weighted by Crippen LogP contribution is 2.22. The van der Waals surface area contributed by atoms with Gasteiger partial charge in [0.2, 0.25) is 20.0 Å². The van der Waals surface area contributed by atoms with Gasteiger partial charge in [0.05, 0.1) is 9.79 Å². The first-order chi connectivity index (χ1) is 9.75. The van der Waals surface area contributed by atoms with Crippen molar-refractivity contribution in [3.05, 3.63) is 24.3 Å². The molecule has 1 aliphatic rings. The fourth-order valence-electron chi connectivity index (χ4n) is 2.36. The molecule has 0 bridgehead atoms. The number of nitrogens with zero attached hydrogens (tertiary/aromatic N) is 1. The van der Waals surface area contributed by atoms with Gasteiger partial charge in [-0.3, -0.25) is 0 Å². The SMILES string of the molecule is CNC1CCCN(S(=O)(=O)c2cccc(S(N)(=O)=O)c2)C1. The zero-order valence-corrected chi connectivity index (χ0v) is 13.3. The normalized spacial score (nSPS) is 21.3. The summed E-state index contributed by atoms with van der Waals surface area (Å²) in [4.78, 5) is -0.253. The second-order valence-electron chi connectivity index (χ2n) is 5.01. The molecule has 3 N–H and O–H groups in total. The van der Waals surface area contributed by atoms with E-state index in [9.17, 15) is 16.8 Å². The van der Waals surface area contributed by atoms with Crippen LogP contribution in [0.25, 0.3) is 0 Å². The third-order valence-electron chi connectivity index (χ3n) is 3.56. The molecule has 0 saturated carbocycles. The number of rotatable bonds is 4. The van der Waals surface area contributed by atoms with Crippen molar-refractivity contribution in [3.8, 4) is 0 Å². The second kappa shape index (κ2) is 6.01. The van der Waals surface area contributed by atoms with Crippen molar-refractivity contribution in [1.82, 2.24) is 9.62 Å². The summed E-state index contributed by atoms with van der Waals surface area (Å²) in [6.07, 6.45) is 1.68. The molecule has 1 aromatic rings.